The number of halogens is 1. The fraction of sp³-hybridized carbons (Fsp3) is 0.333. The Morgan fingerprint density at radius 2 is 1.62 bits per heavy atom. The molecule has 0 aliphatic carbocycles. The topological polar surface area (TPSA) is 37.4 Å². The van der Waals surface area contributed by atoms with Crippen molar-refractivity contribution in [2.75, 3.05) is 13.1 Å². The van der Waals surface area contributed by atoms with Gasteiger partial charge in [-0.05, 0) is 37.1 Å². The maximum Gasteiger partial charge on any atom is 0.294 e. The molecule has 1 fully saturated rings. The monoisotopic (exact) mass is 221 g/mol. The van der Waals surface area contributed by atoms with Crippen LogP contribution in [0, 0.1) is 5.82 Å². The summed E-state index contributed by atoms with van der Waals surface area (Å²) in [6, 6.07) is 5.05. The molecule has 1 aromatic carbocycles. The third-order valence-electron chi connectivity index (χ3n) is 2.69. The van der Waals surface area contributed by atoms with E-state index in [-0.39, 0.29) is 5.56 Å². The zero-order valence-corrected chi connectivity index (χ0v) is 8.78. The van der Waals surface area contributed by atoms with Gasteiger partial charge in [-0.2, -0.15) is 0 Å². The van der Waals surface area contributed by atoms with Crippen molar-refractivity contribution in [2.24, 2.45) is 0 Å². The van der Waals surface area contributed by atoms with Crippen molar-refractivity contribution in [1.82, 2.24) is 4.90 Å². The van der Waals surface area contributed by atoms with Crippen LogP contribution >= 0.6 is 0 Å². The number of carbonyl (C=O) groups excluding carboxylic acids is 2. The Morgan fingerprint density at radius 3 is 2.19 bits per heavy atom. The van der Waals surface area contributed by atoms with Crippen molar-refractivity contribution < 1.29 is 14.0 Å². The number of hydrogen-bond donors (Lipinski definition) is 0. The van der Waals surface area contributed by atoms with E-state index in [1.54, 1.807) is 4.90 Å². The first-order chi connectivity index (χ1) is 7.68. The summed E-state index contributed by atoms with van der Waals surface area (Å²) in [5.74, 6) is -1.45. The Balaban J connectivity index is 2.12. The number of rotatable bonds is 2. The molecular formula is C12H12FNO2. The lowest BCUT2D eigenvalue weighted by molar-refractivity contribution is -0.125. The first kappa shape index (κ1) is 10.8. The van der Waals surface area contributed by atoms with E-state index in [9.17, 15) is 14.0 Å². The normalized spacial score (nSPS) is 15.2. The Hall–Kier alpha value is -1.71. The second kappa shape index (κ2) is 4.43. The van der Waals surface area contributed by atoms with Crippen LogP contribution < -0.4 is 0 Å². The van der Waals surface area contributed by atoms with E-state index < -0.39 is 17.5 Å². The van der Waals surface area contributed by atoms with Crippen LogP contribution in [-0.2, 0) is 4.79 Å². The molecule has 2 rings (SSSR count). The average molecular weight is 221 g/mol. The first-order valence-corrected chi connectivity index (χ1v) is 5.27. The van der Waals surface area contributed by atoms with Gasteiger partial charge in [-0.3, -0.25) is 9.59 Å². The maximum atomic E-state index is 12.6. The van der Waals surface area contributed by atoms with Crippen molar-refractivity contribution in [3.8, 4) is 0 Å². The predicted molar refractivity (Wildman–Crippen MR) is 56.5 cm³/mol. The predicted octanol–water partition coefficient (Wildman–Crippen LogP) is 1.63. The summed E-state index contributed by atoms with van der Waals surface area (Å²) >= 11 is 0. The zero-order valence-electron chi connectivity index (χ0n) is 8.78. The van der Waals surface area contributed by atoms with Gasteiger partial charge < -0.3 is 4.90 Å². The lowest BCUT2D eigenvalue weighted by Crippen LogP contribution is -2.34. The minimum Gasteiger partial charge on any atom is -0.336 e. The average Bonchev–Trinajstić information content (AvgIpc) is 2.81. The lowest BCUT2D eigenvalue weighted by atomic mass is 10.1. The fourth-order valence-electron chi connectivity index (χ4n) is 1.79. The molecule has 1 aromatic rings. The summed E-state index contributed by atoms with van der Waals surface area (Å²) in [6.07, 6.45) is 1.89. The molecule has 0 saturated carbocycles. The van der Waals surface area contributed by atoms with E-state index in [1.807, 2.05) is 0 Å². The van der Waals surface area contributed by atoms with Crippen LogP contribution in [0.3, 0.4) is 0 Å². The number of Topliss-reactive ketones (excluding diaryl/α,β-unsaturated/α-hetero) is 1. The molecule has 0 radical (unpaired) electrons. The molecule has 3 nitrogen and oxygen atoms in total. The Kier molecular flexibility index (Phi) is 2.99. The Morgan fingerprint density at radius 1 is 1.06 bits per heavy atom. The largest absolute Gasteiger partial charge is 0.336 e. The van der Waals surface area contributed by atoms with Crippen LogP contribution in [0.15, 0.2) is 24.3 Å². The van der Waals surface area contributed by atoms with Crippen molar-refractivity contribution in [1.29, 1.82) is 0 Å². The van der Waals surface area contributed by atoms with E-state index in [1.165, 1.54) is 24.3 Å². The van der Waals surface area contributed by atoms with Crippen LogP contribution in [0.25, 0.3) is 0 Å². The summed E-state index contributed by atoms with van der Waals surface area (Å²) in [5, 5.41) is 0. The minimum atomic E-state index is -0.554. The van der Waals surface area contributed by atoms with Crippen molar-refractivity contribution in [3.05, 3.63) is 35.6 Å². The third kappa shape index (κ3) is 2.10. The molecule has 1 amide bonds. The lowest BCUT2D eigenvalue weighted by Gasteiger charge is -2.13. The second-order valence-electron chi connectivity index (χ2n) is 3.84. The molecule has 0 N–H and O–H groups in total. The molecule has 84 valence electrons. The molecule has 0 unspecified atom stereocenters. The number of nitrogens with zero attached hydrogens (tertiary/aromatic N) is 1. The molecule has 1 aliphatic heterocycles. The molecule has 1 saturated heterocycles. The van der Waals surface area contributed by atoms with Gasteiger partial charge in [0, 0.05) is 18.7 Å². The van der Waals surface area contributed by atoms with Crippen LogP contribution in [0.2, 0.25) is 0 Å². The number of amides is 1. The molecule has 16 heavy (non-hydrogen) atoms. The number of ketones is 1. The molecule has 0 aromatic heterocycles. The van der Waals surface area contributed by atoms with Crippen LogP contribution in [0.1, 0.15) is 23.2 Å². The van der Waals surface area contributed by atoms with Gasteiger partial charge in [0.05, 0.1) is 0 Å². The molecule has 0 atom stereocenters. The summed E-state index contributed by atoms with van der Waals surface area (Å²) in [7, 11) is 0. The SMILES string of the molecule is O=C(C(=O)N1CCCC1)c1ccc(F)cc1. The van der Waals surface area contributed by atoms with Gasteiger partial charge in [0.1, 0.15) is 5.82 Å². The minimum absolute atomic E-state index is 0.248. The van der Waals surface area contributed by atoms with Gasteiger partial charge in [0.15, 0.2) is 0 Å². The van der Waals surface area contributed by atoms with Crippen LogP contribution in [0.4, 0.5) is 4.39 Å². The summed E-state index contributed by atoms with van der Waals surface area (Å²) in [5.41, 5.74) is 0.248. The molecular weight excluding hydrogens is 209 g/mol. The molecule has 0 bridgehead atoms. The third-order valence-corrected chi connectivity index (χ3v) is 2.69. The van der Waals surface area contributed by atoms with Gasteiger partial charge in [-0.25, -0.2) is 4.39 Å². The van der Waals surface area contributed by atoms with Gasteiger partial charge in [0.25, 0.3) is 5.91 Å². The van der Waals surface area contributed by atoms with E-state index >= 15 is 0 Å². The second-order valence-corrected chi connectivity index (χ2v) is 3.84. The van der Waals surface area contributed by atoms with E-state index in [4.69, 9.17) is 0 Å². The fourth-order valence-corrected chi connectivity index (χ4v) is 1.79. The van der Waals surface area contributed by atoms with Gasteiger partial charge in [-0.1, -0.05) is 0 Å². The van der Waals surface area contributed by atoms with Crippen molar-refractivity contribution in [3.63, 3.8) is 0 Å². The smallest absolute Gasteiger partial charge is 0.294 e. The highest BCUT2D eigenvalue weighted by atomic mass is 19.1. The van der Waals surface area contributed by atoms with E-state index in [2.05, 4.69) is 0 Å². The Labute approximate surface area is 92.9 Å². The molecule has 4 heteroatoms. The highest BCUT2D eigenvalue weighted by Crippen LogP contribution is 2.11. The maximum absolute atomic E-state index is 12.6. The first-order valence-electron chi connectivity index (χ1n) is 5.27. The highest BCUT2D eigenvalue weighted by molar-refractivity contribution is 6.42. The molecule has 0 spiro atoms. The molecule has 1 heterocycles. The number of likely N-dealkylation sites (tertiary alicyclic amines) is 1. The number of benzene rings is 1. The van der Waals surface area contributed by atoms with Gasteiger partial charge >= 0.3 is 0 Å². The van der Waals surface area contributed by atoms with Crippen LogP contribution in [0.5, 0.6) is 0 Å². The number of carbonyl (C=O) groups is 2. The summed E-state index contributed by atoms with van der Waals surface area (Å²) in [4.78, 5) is 25.0. The Bertz CT molecular complexity index is 408. The highest BCUT2D eigenvalue weighted by Gasteiger charge is 2.25. The van der Waals surface area contributed by atoms with Crippen LogP contribution in [-0.4, -0.2) is 29.7 Å². The molecule has 1 aliphatic rings. The van der Waals surface area contributed by atoms with Crippen molar-refractivity contribution in [2.45, 2.75) is 12.8 Å². The van der Waals surface area contributed by atoms with E-state index in [0.29, 0.717) is 13.1 Å². The quantitative estimate of drug-likeness (QED) is 0.562. The van der Waals surface area contributed by atoms with E-state index in [0.717, 1.165) is 12.8 Å². The standard InChI is InChI=1S/C12H12FNO2/c13-10-5-3-9(4-6-10)11(15)12(16)14-7-1-2-8-14/h3-6H,1-2,7-8H2. The zero-order chi connectivity index (χ0) is 11.5. The summed E-state index contributed by atoms with van der Waals surface area (Å²) in [6.45, 7) is 1.29. The van der Waals surface area contributed by atoms with Gasteiger partial charge in [-0.15, -0.1) is 0 Å². The summed E-state index contributed by atoms with van der Waals surface area (Å²) < 4.78 is 12.6. The number of hydrogen-bond acceptors (Lipinski definition) is 2. The van der Waals surface area contributed by atoms with Crippen molar-refractivity contribution >= 4 is 11.7 Å². The van der Waals surface area contributed by atoms with Gasteiger partial charge in [0.2, 0.25) is 5.78 Å².